The molecular formula is C17H19ClN2O4S. The van der Waals surface area contributed by atoms with Crippen molar-refractivity contribution in [3.8, 4) is 11.5 Å². The summed E-state index contributed by atoms with van der Waals surface area (Å²) in [7, 11) is -1.39. The maximum Gasteiger partial charge on any atom is 0.228 e. The Balaban J connectivity index is 1.72. The van der Waals surface area contributed by atoms with Crippen molar-refractivity contribution in [3.05, 3.63) is 40.7 Å². The number of rotatable bonds is 4. The summed E-state index contributed by atoms with van der Waals surface area (Å²) in [6.45, 7) is 1.76. The van der Waals surface area contributed by atoms with E-state index in [4.69, 9.17) is 16.0 Å². The highest BCUT2D eigenvalue weighted by Crippen LogP contribution is 2.24. The van der Waals surface area contributed by atoms with Gasteiger partial charge in [-0.15, -0.1) is 0 Å². The van der Waals surface area contributed by atoms with Gasteiger partial charge in [-0.1, -0.05) is 11.6 Å². The predicted octanol–water partition coefficient (Wildman–Crippen LogP) is 2.49. The lowest BCUT2D eigenvalue weighted by molar-refractivity contribution is -0.130. The van der Waals surface area contributed by atoms with Crippen molar-refractivity contribution in [2.24, 2.45) is 0 Å². The molecule has 25 heavy (non-hydrogen) atoms. The number of likely N-dealkylation sites (N-methyl/N-ethyl adjacent to an activating group) is 1. The Hall–Kier alpha value is -1.86. The first-order valence-electron chi connectivity index (χ1n) is 7.93. The van der Waals surface area contributed by atoms with Crippen molar-refractivity contribution in [3.63, 3.8) is 0 Å². The number of nitrogens with zero attached hydrogens (tertiary/aromatic N) is 2. The number of hydrogen-bond donors (Lipinski definition) is 0. The van der Waals surface area contributed by atoms with Crippen LogP contribution in [-0.4, -0.2) is 48.8 Å². The van der Waals surface area contributed by atoms with Gasteiger partial charge in [0.1, 0.15) is 5.76 Å². The fourth-order valence-corrected chi connectivity index (χ4v) is 4.76. The summed E-state index contributed by atoms with van der Waals surface area (Å²) in [5.41, 5.74) is 1.34. The summed E-state index contributed by atoms with van der Waals surface area (Å²) in [6, 6.07) is 6.83. The number of carbonyl (C=O) groups excluding carboxylic acids is 1. The van der Waals surface area contributed by atoms with Gasteiger partial charge in [-0.25, -0.2) is 13.4 Å². The second kappa shape index (κ2) is 6.80. The molecule has 6 nitrogen and oxygen atoms in total. The number of aromatic nitrogens is 1. The zero-order valence-electron chi connectivity index (χ0n) is 14.0. The molecule has 1 aromatic carbocycles. The van der Waals surface area contributed by atoms with Gasteiger partial charge in [-0.3, -0.25) is 4.79 Å². The van der Waals surface area contributed by atoms with E-state index in [1.807, 2.05) is 0 Å². The summed E-state index contributed by atoms with van der Waals surface area (Å²) < 4.78 is 28.8. The van der Waals surface area contributed by atoms with Gasteiger partial charge >= 0.3 is 0 Å². The molecule has 0 N–H and O–H groups in total. The van der Waals surface area contributed by atoms with Crippen molar-refractivity contribution in [1.29, 1.82) is 0 Å². The summed E-state index contributed by atoms with van der Waals surface area (Å²) in [5, 5.41) is 0.621. The molecule has 0 spiro atoms. The first-order valence-corrected chi connectivity index (χ1v) is 10.1. The zero-order chi connectivity index (χ0) is 18.2. The molecule has 1 aromatic heterocycles. The summed E-state index contributed by atoms with van der Waals surface area (Å²) in [5.74, 6) is 1.01. The molecule has 2 heterocycles. The highest BCUT2D eigenvalue weighted by atomic mass is 35.5. The number of oxazole rings is 1. The van der Waals surface area contributed by atoms with Crippen molar-refractivity contribution in [1.82, 2.24) is 9.88 Å². The van der Waals surface area contributed by atoms with Crippen LogP contribution in [-0.2, 0) is 21.1 Å². The number of sulfone groups is 1. The van der Waals surface area contributed by atoms with E-state index < -0.39 is 9.84 Å². The van der Waals surface area contributed by atoms with Crippen LogP contribution in [0.25, 0.3) is 11.5 Å². The third-order valence-electron chi connectivity index (χ3n) is 4.45. The fraction of sp³-hybridized carbons (Fsp3) is 0.412. The highest BCUT2D eigenvalue weighted by Gasteiger charge is 2.33. The Bertz CT molecular complexity index is 890. The lowest BCUT2D eigenvalue weighted by atomic mass is 10.2. The molecule has 1 fully saturated rings. The van der Waals surface area contributed by atoms with Crippen LogP contribution in [0.4, 0.5) is 0 Å². The van der Waals surface area contributed by atoms with Gasteiger partial charge < -0.3 is 9.32 Å². The van der Waals surface area contributed by atoms with Gasteiger partial charge in [0.2, 0.25) is 11.8 Å². The standard InChI is InChI=1S/C17H19ClN2O4S/c1-11-15(19-17(24-11)12-3-5-13(18)6-4-12)9-16(21)20(2)14-7-8-25(22,23)10-14/h3-6,14H,7-10H2,1-2H3. The fourth-order valence-electron chi connectivity index (χ4n) is 2.86. The zero-order valence-corrected chi connectivity index (χ0v) is 15.6. The molecule has 2 aromatic rings. The van der Waals surface area contributed by atoms with E-state index in [0.717, 1.165) is 5.56 Å². The van der Waals surface area contributed by atoms with Gasteiger partial charge in [-0.05, 0) is 37.6 Å². The Morgan fingerprint density at radius 2 is 2.04 bits per heavy atom. The molecule has 3 rings (SSSR count). The Labute approximate surface area is 151 Å². The molecule has 0 aliphatic carbocycles. The molecular weight excluding hydrogens is 364 g/mol. The van der Waals surface area contributed by atoms with Crippen LogP contribution in [0, 0.1) is 6.92 Å². The van der Waals surface area contributed by atoms with E-state index in [0.29, 0.717) is 28.8 Å². The molecule has 1 aliphatic rings. The molecule has 1 atom stereocenters. The van der Waals surface area contributed by atoms with Crippen LogP contribution in [0.1, 0.15) is 17.9 Å². The molecule has 0 bridgehead atoms. The first-order chi connectivity index (χ1) is 11.7. The monoisotopic (exact) mass is 382 g/mol. The van der Waals surface area contributed by atoms with E-state index in [1.54, 1.807) is 38.2 Å². The molecule has 0 saturated carbocycles. The average molecular weight is 383 g/mol. The molecule has 1 aliphatic heterocycles. The lowest BCUT2D eigenvalue weighted by Crippen LogP contribution is -2.38. The van der Waals surface area contributed by atoms with E-state index in [9.17, 15) is 13.2 Å². The Kier molecular flexibility index (Phi) is 4.88. The highest BCUT2D eigenvalue weighted by molar-refractivity contribution is 7.91. The second-order valence-electron chi connectivity index (χ2n) is 6.27. The van der Waals surface area contributed by atoms with Gasteiger partial charge in [0.15, 0.2) is 9.84 Å². The van der Waals surface area contributed by atoms with Crippen molar-refractivity contribution in [2.75, 3.05) is 18.6 Å². The van der Waals surface area contributed by atoms with Gasteiger partial charge in [0.25, 0.3) is 0 Å². The van der Waals surface area contributed by atoms with E-state index in [2.05, 4.69) is 4.98 Å². The van der Waals surface area contributed by atoms with Crippen LogP contribution in [0.2, 0.25) is 5.02 Å². The molecule has 1 amide bonds. The quantitative estimate of drug-likeness (QED) is 0.811. The lowest BCUT2D eigenvalue weighted by Gasteiger charge is -2.23. The number of aryl methyl sites for hydroxylation is 1. The number of halogens is 1. The van der Waals surface area contributed by atoms with E-state index in [1.165, 1.54) is 4.90 Å². The minimum absolute atomic E-state index is 0.0308. The topological polar surface area (TPSA) is 80.5 Å². The smallest absolute Gasteiger partial charge is 0.228 e. The van der Waals surface area contributed by atoms with Crippen molar-refractivity contribution >= 4 is 27.3 Å². The second-order valence-corrected chi connectivity index (χ2v) is 8.93. The minimum Gasteiger partial charge on any atom is -0.441 e. The third kappa shape index (κ3) is 4.04. The van der Waals surface area contributed by atoms with Crippen LogP contribution >= 0.6 is 11.6 Å². The number of carbonyl (C=O) groups is 1. The summed E-state index contributed by atoms with van der Waals surface area (Å²) in [4.78, 5) is 18.4. The maximum absolute atomic E-state index is 12.5. The first kappa shape index (κ1) is 17.9. The summed E-state index contributed by atoms with van der Waals surface area (Å²) in [6.07, 6.45) is 0.564. The number of amides is 1. The normalized spacial score (nSPS) is 19.1. The molecule has 1 saturated heterocycles. The van der Waals surface area contributed by atoms with Crippen molar-refractivity contribution in [2.45, 2.75) is 25.8 Å². The maximum atomic E-state index is 12.5. The SMILES string of the molecule is Cc1oc(-c2ccc(Cl)cc2)nc1CC(=O)N(C)C1CCS(=O)(=O)C1. The molecule has 8 heteroatoms. The predicted molar refractivity (Wildman–Crippen MR) is 95.2 cm³/mol. The van der Waals surface area contributed by atoms with E-state index in [-0.39, 0.29) is 29.9 Å². The van der Waals surface area contributed by atoms with Crippen LogP contribution in [0.15, 0.2) is 28.7 Å². The average Bonchev–Trinajstić information content (AvgIpc) is 3.10. The molecule has 134 valence electrons. The van der Waals surface area contributed by atoms with Gasteiger partial charge in [0.05, 0.1) is 23.6 Å². The molecule has 0 radical (unpaired) electrons. The van der Waals surface area contributed by atoms with Crippen molar-refractivity contribution < 1.29 is 17.6 Å². The minimum atomic E-state index is -3.03. The van der Waals surface area contributed by atoms with Gasteiger partial charge in [-0.2, -0.15) is 0 Å². The summed E-state index contributed by atoms with van der Waals surface area (Å²) >= 11 is 5.88. The largest absolute Gasteiger partial charge is 0.441 e. The van der Waals surface area contributed by atoms with E-state index >= 15 is 0 Å². The molecule has 1 unspecified atom stereocenters. The third-order valence-corrected chi connectivity index (χ3v) is 6.45. The van der Waals surface area contributed by atoms with Crippen LogP contribution in [0.3, 0.4) is 0 Å². The van der Waals surface area contributed by atoms with Crippen LogP contribution < -0.4 is 0 Å². The Morgan fingerprint density at radius 1 is 1.36 bits per heavy atom. The number of benzene rings is 1. The van der Waals surface area contributed by atoms with Crippen LogP contribution in [0.5, 0.6) is 0 Å². The van der Waals surface area contributed by atoms with Gasteiger partial charge in [0, 0.05) is 23.7 Å². The Morgan fingerprint density at radius 3 is 2.64 bits per heavy atom. The number of hydrogen-bond acceptors (Lipinski definition) is 5.